The van der Waals surface area contributed by atoms with E-state index >= 15 is 0 Å². The highest BCUT2D eigenvalue weighted by atomic mass is 35.5. The molecule has 3 rings (SSSR count). The molecule has 0 spiro atoms. The van der Waals surface area contributed by atoms with Crippen molar-refractivity contribution in [2.75, 3.05) is 0 Å². The lowest BCUT2D eigenvalue weighted by Crippen LogP contribution is -2.52. The summed E-state index contributed by atoms with van der Waals surface area (Å²) in [5, 5.41) is 3.93. The first-order valence-corrected chi connectivity index (χ1v) is 11.9. The fourth-order valence-corrected chi connectivity index (χ4v) is 4.53. The van der Waals surface area contributed by atoms with Crippen molar-refractivity contribution in [2.24, 2.45) is 0 Å². The van der Waals surface area contributed by atoms with E-state index in [0.29, 0.717) is 22.0 Å². The maximum absolute atomic E-state index is 14.2. The summed E-state index contributed by atoms with van der Waals surface area (Å²) in [7, 11) is 0. The molecule has 1 saturated carbocycles. The van der Waals surface area contributed by atoms with Crippen molar-refractivity contribution >= 4 is 35.0 Å². The van der Waals surface area contributed by atoms with Crippen LogP contribution in [0.25, 0.3) is 0 Å². The van der Waals surface area contributed by atoms with Crippen LogP contribution in [0, 0.1) is 5.82 Å². The van der Waals surface area contributed by atoms with E-state index in [4.69, 9.17) is 23.2 Å². The second-order valence-corrected chi connectivity index (χ2v) is 9.12. The molecule has 0 saturated heterocycles. The Morgan fingerprint density at radius 1 is 1.09 bits per heavy atom. The SMILES string of the molecule is CC[C@@H](C(=O)NC1CCCCC1)N(Cc1ccc(Cl)c(Cl)c1)C(=O)Cc1ccccc1F. The highest BCUT2D eigenvalue weighted by Gasteiger charge is 2.30. The second-order valence-electron chi connectivity index (χ2n) is 8.31. The molecule has 0 radical (unpaired) electrons. The molecule has 0 bridgehead atoms. The molecule has 0 aliphatic heterocycles. The zero-order chi connectivity index (χ0) is 23.1. The van der Waals surface area contributed by atoms with Crippen LogP contribution in [0.15, 0.2) is 42.5 Å². The fraction of sp³-hybridized carbons (Fsp3) is 0.440. The Balaban J connectivity index is 1.84. The number of nitrogens with zero attached hydrogens (tertiary/aromatic N) is 1. The minimum atomic E-state index is -0.661. The molecule has 7 heteroatoms. The molecule has 1 atom stereocenters. The van der Waals surface area contributed by atoms with Gasteiger partial charge in [-0.1, -0.05) is 73.7 Å². The van der Waals surface area contributed by atoms with E-state index < -0.39 is 11.9 Å². The Morgan fingerprint density at radius 2 is 1.81 bits per heavy atom. The number of rotatable bonds is 8. The number of hydrogen-bond donors (Lipinski definition) is 1. The number of amides is 2. The maximum atomic E-state index is 14.2. The van der Waals surface area contributed by atoms with Gasteiger partial charge in [-0.05, 0) is 48.6 Å². The van der Waals surface area contributed by atoms with E-state index in [2.05, 4.69) is 5.32 Å². The van der Waals surface area contributed by atoms with Crippen LogP contribution in [0.3, 0.4) is 0 Å². The normalized spacial score (nSPS) is 15.2. The molecular weight excluding hydrogens is 450 g/mol. The summed E-state index contributed by atoms with van der Waals surface area (Å²) in [5.74, 6) is -0.914. The van der Waals surface area contributed by atoms with E-state index in [9.17, 15) is 14.0 Å². The predicted octanol–water partition coefficient (Wildman–Crippen LogP) is 5.93. The lowest BCUT2D eigenvalue weighted by atomic mass is 9.95. The van der Waals surface area contributed by atoms with E-state index in [0.717, 1.165) is 31.2 Å². The Labute approximate surface area is 199 Å². The lowest BCUT2D eigenvalue weighted by molar-refractivity contribution is -0.141. The molecule has 2 aromatic carbocycles. The molecule has 4 nitrogen and oxygen atoms in total. The topological polar surface area (TPSA) is 49.4 Å². The van der Waals surface area contributed by atoms with Crippen molar-refractivity contribution in [3.05, 3.63) is 69.5 Å². The molecule has 1 aliphatic carbocycles. The van der Waals surface area contributed by atoms with Crippen molar-refractivity contribution in [1.82, 2.24) is 10.2 Å². The molecule has 2 amide bonds. The standard InChI is InChI=1S/C25H29Cl2FN2O2/c1-2-23(25(32)29-19-9-4-3-5-10-19)30(16-17-12-13-20(26)21(27)14-17)24(31)15-18-8-6-7-11-22(18)28/h6-8,11-14,19,23H,2-5,9-10,15-16H2,1H3,(H,29,32)/t23-/m0/s1. The van der Waals surface area contributed by atoms with Gasteiger partial charge in [-0.25, -0.2) is 4.39 Å². The molecule has 0 heterocycles. The summed E-state index contributed by atoms with van der Waals surface area (Å²) in [5.41, 5.74) is 1.06. The van der Waals surface area contributed by atoms with Crippen LogP contribution in [-0.4, -0.2) is 28.8 Å². The minimum absolute atomic E-state index is 0.124. The largest absolute Gasteiger partial charge is 0.352 e. The van der Waals surface area contributed by atoms with Gasteiger partial charge in [0.25, 0.3) is 0 Å². The van der Waals surface area contributed by atoms with Gasteiger partial charge in [-0.3, -0.25) is 9.59 Å². The molecule has 32 heavy (non-hydrogen) atoms. The van der Waals surface area contributed by atoms with Gasteiger partial charge in [0, 0.05) is 12.6 Å². The van der Waals surface area contributed by atoms with E-state index in [-0.39, 0.29) is 30.8 Å². The first-order valence-electron chi connectivity index (χ1n) is 11.2. The van der Waals surface area contributed by atoms with Gasteiger partial charge in [0.05, 0.1) is 16.5 Å². The Kier molecular flexibility index (Phi) is 8.94. The number of halogens is 3. The molecular formula is C25H29Cl2FN2O2. The monoisotopic (exact) mass is 478 g/mol. The van der Waals surface area contributed by atoms with Gasteiger partial charge in [-0.2, -0.15) is 0 Å². The molecule has 0 unspecified atom stereocenters. The summed E-state index contributed by atoms with van der Waals surface area (Å²) in [4.78, 5) is 28.1. The summed E-state index contributed by atoms with van der Waals surface area (Å²) in [6.45, 7) is 2.06. The molecule has 1 aliphatic rings. The van der Waals surface area contributed by atoms with E-state index in [1.54, 1.807) is 36.4 Å². The molecule has 1 N–H and O–H groups in total. The van der Waals surface area contributed by atoms with Crippen LogP contribution >= 0.6 is 23.2 Å². The van der Waals surface area contributed by atoms with E-state index in [1.807, 2.05) is 6.92 Å². The van der Waals surface area contributed by atoms with Crippen molar-refractivity contribution < 1.29 is 14.0 Å². The minimum Gasteiger partial charge on any atom is -0.352 e. The van der Waals surface area contributed by atoms with E-state index in [1.165, 1.54) is 17.4 Å². The summed E-state index contributed by atoms with van der Waals surface area (Å²) in [6, 6.07) is 10.8. The number of carbonyl (C=O) groups is 2. The van der Waals surface area contributed by atoms with Crippen LogP contribution < -0.4 is 5.32 Å². The van der Waals surface area contributed by atoms with Gasteiger partial charge >= 0.3 is 0 Å². The second kappa shape index (κ2) is 11.7. The first-order chi connectivity index (χ1) is 15.4. The Hall–Kier alpha value is -2.11. The van der Waals surface area contributed by atoms with Crippen LogP contribution in [0.2, 0.25) is 10.0 Å². The maximum Gasteiger partial charge on any atom is 0.243 e. The summed E-state index contributed by atoms with van der Waals surface area (Å²) in [6.07, 6.45) is 5.62. The van der Waals surface area contributed by atoms with Crippen molar-refractivity contribution in [1.29, 1.82) is 0 Å². The van der Waals surface area contributed by atoms with Crippen molar-refractivity contribution in [3.63, 3.8) is 0 Å². The quantitative estimate of drug-likeness (QED) is 0.510. The van der Waals surface area contributed by atoms with Gasteiger partial charge in [0.15, 0.2) is 0 Å². The van der Waals surface area contributed by atoms with Crippen LogP contribution in [0.4, 0.5) is 4.39 Å². The number of carbonyl (C=O) groups excluding carboxylic acids is 2. The van der Waals surface area contributed by atoms with Crippen molar-refractivity contribution in [3.8, 4) is 0 Å². The third-order valence-corrected chi connectivity index (χ3v) is 6.71. The summed E-state index contributed by atoms with van der Waals surface area (Å²) >= 11 is 12.2. The Morgan fingerprint density at radius 3 is 2.47 bits per heavy atom. The first kappa shape index (κ1) is 24.5. The molecule has 172 valence electrons. The lowest BCUT2D eigenvalue weighted by Gasteiger charge is -2.33. The number of hydrogen-bond acceptors (Lipinski definition) is 2. The molecule has 1 fully saturated rings. The third kappa shape index (κ3) is 6.46. The van der Waals surface area contributed by atoms with Gasteiger partial charge < -0.3 is 10.2 Å². The predicted molar refractivity (Wildman–Crippen MR) is 126 cm³/mol. The van der Waals surface area contributed by atoms with Crippen LogP contribution in [0.5, 0.6) is 0 Å². The smallest absolute Gasteiger partial charge is 0.243 e. The number of nitrogens with one attached hydrogen (secondary N) is 1. The molecule has 0 aromatic heterocycles. The van der Waals surface area contributed by atoms with Gasteiger partial charge in [0.2, 0.25) is 11.8 Å². The summed E-state index contributed by atoms with van der Waals surface area (Å²) < 4.78 is 14.2. The van der Waals surface area contributed by atoms with Crippen LogP contribution in [0.1, 0.15) is 56.6 Å². The van der Waals surface area contributed by atoms with Crippen molar-refractivity contribution in [2.45, 2.75) is 70.5 Å². The van der Waals surface area contributed by atoms with Gasteiger partial charge in [0.1, 0.15) is 11.9 Å². The Bertz CT molecular complexity index is 947. The molecule has 2 aromatic rings. The highest BCUT2D eigenvalue weighted by Crippen LogP contribution is 2.25. The fourth-order valence-electron chi connectivity index (χ4n) is 4.20. The zero-order valence-electron chi connectivity index (χ0n) is 18.3. The average molecular weight is 479 g/mol. The average Bonchev–Trinajstić information content (AvgIpc) is 2.78. The van der Waals surface area contributed by atoms with Gasteiger partial charge in [-0.15, -0.1) is 0 Å². The highest BCUT2D eigenvalue weighted by molar-refractivity contribution is 6.42. The zero-order valence-corrected chi connectivity index (χ0v) is 19.8. The number of benzene rings is 2. The van der Waals surface area contributed by atoms with Crippen LogP contribution in [-0.2, 0) is 22.6 Å². The third-order valence-electron chi connectivity index (χ3n) is 5.97.